The molecule has 2 heteroatoms. The predicted molar refractivity (Wildman–Crippen MR) is 39.2 cm³/mol. The van der Waals surface area contributed by atoms with Gasteiger partial charge in [-0.15, -0.1) is 0 Å². The topological polar surface area (TPSA) is 25.2 Å². The van der Waals surface area contributed by atoms with E-state index < -0.39 is 0 Å². The first-order valence-electron chi connectivity index (χ1n) is 3.05. The van der Waals surface area contributed by atoms with E-state index in [1.165, 1.54) is 0 Å². The van der Waals surface area contributed by atoms with Gasteiger partial charge in [0.15, 0.2) is 0 Å². The Morgan fingerprint density at radius 2 is 1.10 bits per heavy atom. The molecule has 1 heterocycles. The minimum atomic E-state index is 1.00. The maximum Gasteiger partial charge on any atom is 0.0431 e. The zero-order valence-corrected chi connectivity index (χ0v) is 5.51. The Kier molecular flexibility index (Phi) is 2.38. The second-order valence-corrected chi connectivity index (χ2v) is 1.83. The smallest absolute Gasteiger partial charge is 0.0431 e. The lowest BCUT2D eigenvalue weighted by Gasteiger charge is -1.85. The SMILES string of the molecule is On1cccccccc1. The molecule has 0 fully saturated rings. The highest BCUT2D eigenvalue weighted by Gasteiger charge is 1.67. The number of hydrogen-bond donors (Lipinski definition) is 1. The van der Waals surface area contributed by atoms with Gasteiger partial charge in [-0.2, -0.15) is 0 Å². The molecule has 1 N–H and O–H groups in total. The Hall–Kier alpha value is -1.44. The second-order valence-electron chi connectivity index (χ2n) is 1.83. The van der Waals surface area contributed by atoms with Crippen molar-refractivity contribution in [2.45, 2.75) is 0 Å². The molecule has 0 saturated heterocycles. The molecule has 0 aliphatic carbocycles. The summed E-state index contributed by atoms with van der Waals surface area (Å²) in [6, 6.07) is 11.0. The zero-order valence-electron chi connectivity index (χ0n) is 5.51. The molecule has 0 amide bonds. The monoisotopic (exact) mass is 135 g/mol. The van der Waals surface area contributed by atoms with Crippen LogP contribution in [0, 0.1) is 0 Å². The Labute approximate surface area is 59.6 Å². The van der Waals surface area contributed by atoms with Crippen molar-refractivity contribution < 1.29 is 5.21 Å². The van der Waals surface area contributed by atoms with Crippen molar-refractivity contribution in [2.24, 2.45) is 0 Å². The highest BCUT2D eigenvalue weighted by Crippen LogP contribution is 1.80. The lowest BCUT2D eigenvalue weighted by molar-refractivity contribution is 0.185. The molecule has 0 aliphatic heterocycles. The van der Waals surface area contributed by atoms with E-state index in [9.17, 15) is 0 Å². The van der Waals surface area contributed by atoms with E-state index in [1.54, 1.807) is 24.5 Å². The minimum absolute atomic E-state index is 1.00. The van der Waals surface area contributed by atoms with Crippen LogP contribution in [0.25, 0.3) is 0 Å². The van der Waals surface area contributed by atoms with Gasteiger partial charge in [0.1, 0.15) is 0 Å². The van der Waals surface area contributed by atoms with Gasteiger partial charge in [-0.25, -0.2) is 4.73 Å². The molecule has 2 nitrogen and oxygen atoms in total. The molecule has 0 bridgehead atoms. The van der Waals surface area contributed by atoms with Crippen LogP contribution < -0.4 is 0 Å². The molecule has 0 aliphatic rings. The average Bonchev–Trinajstić information content (AvgIpc) is 2.02. The summed E-state index contributed by atoms with van der Waals surface area (Å²) in [6.45, 7) is 0. The highest BCUT2D eigenvalue weighted by atomic mass is 16.5. The molecule has 1 aromatic rings. The van der Waals surface area contributed by atoms with Gasteiger partial charge in [0.2, 0.25) is 0 Å². The fourth-order valence-electron chi connectivity index (χ4n) is 0.582. The van der Waals surface area contributed by atoms with E-state index in [2.05, 4.69) is 0 Å². The van der Waals surface area contributed by atoms with Gasteiger partial charge in [0, 0.05) is 12.4 Å². The van der Waals surface area contributed by atoms with Gasteiger partial charge >= 0.3 is 0 Å². The number of aromatic nitrogens is 1. The first-order valence-corrected chi connectivity index (χ1v) is 3.05. The Bertz CT molecular complexity index is 217. The van der Waals surface area contributed by atoms with Gasteiger partial charge in [0.25, 0.3) is 0 Å². The van der Waals surface area contributed by atoms with Crippen LogP contribution in [0.15, 0.2) is 48.8 Å². The van der Waals surface area contributed by atoms with E-state index in [1.807, 2.05) is 24.3 Å². The summed E-state index contributed by atoms with van der Waals surface area (Å²) >= 11 is 0. The standard InChI is InChI=1S/C8H9NO/c10-9-7-5-3-1-2-4-6-8-9/h1-8,10H. The van der Waals surface area contributed by atoms with Crippen molar-refractivity contribution in [3.63, 3.8) is 0 Å². The maximum atomic E-state index is 8.93. The lowest BCUT2D eigenvalue weighted by atomic mass is 10.5. The third kappa shape index (κ3) is 2.22. The van der Waals surface area contributed by atoms with Crippen LogP contribution >= 0.6 is 0 Å². The van der Waals surface area contributed by atoms with E-state index in [4.69, 9.17) is 5.21 Å². The first-order chi connectivity index (χ1) is 4.89. The summed E-state index contributed by atoms with van der Waals surface area (Å²) in [5.74, 6) is 0. The molecule has 10 heavy (non-hydrogen) atoms. The van der Waals surface area contributed by atoms with Crippen molar-refractivity contribution in [2.75, 3.05) is 0 Å². The quantitative estimate of drug-likeness (QED) is 0.539. The highest BCUT2D eigenvalue weighted by molar-refractivity contribution is 4.94. The van der Waals surface area contributed by atoms with Crippen LogP contribution in [0.1, 0.15) is 0 Å². The third-order valence-corrected chi connectivity index (χ3v) is 1.03. The van der Waals surface area contributed by atoms with E-state index >= 15 is 0 Å². The number of hydrogen-bond acceptors (Lipinski definition) is 1. The van der Waals surface area contributed by atoms with Gasteiger partial charge < -0.3 is 5.21 Å². The van der Waals surface area contributed by atoms with Crippen molar-refractivity contribution >= 4 is 0 Å². The van der Waals surface area contributed by atoms with Gasteiger partial charge in [-0.3, -0.25) is 0 Å². The largest absolute Gasteiger partial charge is 0.429 e. The van der Waals surface area contributed by atoms with E-state index in [0.29, 0.717) is 0 Å². The maximum absolute atomic E-state index is 8.93. The molecular formula is C8H9NO. The lowest BCUT2D eigenvalue weighted by Crippen LogP contribution is -1.82. The number of nitrogens with zero attached hydrogens (tertiary/aromatic N) is 1. The summed E-state index contributed by atoms with van der Waals surface area (Å²) in [4.78, 5) is 0. The normalized spacial score (nSPS) is 8.40. The predicted octanol–water partition coefficient (Wildman–Crippen LogP) is 1.85. The van der Waals surface area contributed by atoms with Crippen molar-refractivity contribution in [1.29, 1.82) is 0 Å². The van der Waals surface area contributed by atoms with Crippen LogP contribution in [-0.2, 0) is 0 Å². The van der Waals surface area contributed by atoms with E-state index in [-0.39, 0.29) is 0 Å². The molecule has 0 aromatic carbocycles. The third-order valence-electron chi connectivity index (χ3n) is 1.03. The van der Waals surface area contributed by atoms with Crippen LogP contribution in [-0.4, -0.2) is 9.94 Å². The number of rotatable bonds is 0. The molecule has 1 aromatic heterocycles. The van der Waals surface area contributed by atoms with Gasteiger partial charge in [-0.1, -0.05) is 24.3 Å². The molecule has 0 radical (unpaired) electrons. The van der Waals surface area contributed by atoms with Crippen molar-refractivity contribution in [3.8, 4) is 0 Å². The molecule has 1 rings (SSSR count). The van der Waals surface area contributed by atoms with Gasteiger partial charge in [0.05, 0.1) is 0 Å². The van der Waals surface area contributed by atoms with Crippen LogP contribution in [0.3, 0.4) is 0 Å². The van der Waals surface area contributed by atoms with Crippen molar-refractivity contribution in [3.05, 3.63) is 48.8 Å². The van der Waals surface area contributed by atoms with Crippen molar-refractivity contribution in [1.82, 2.24) is 4.73 Å². The molecule has 0 saturated carbocycles. The Balaban J connectivity index is 3.13. The average molecular weight is 135 g/mol. The molecule has 0 unspecified atom stereocenters. The Morgan fingerprint density at radius 3 is 1.60 bits per heavy atom. The van der Waals surface area contributed by atoms with E-state index in [0.717, 1.165) is 4.73 Å². The molecule has 52 valence electrons. The van der Waals surface area contributed by atoms with Crippen LogP contribution in [0.4, 0.5) is 0 Å². The molecule has 0 atom stereocenters. The summed E-state index contributed by atoms with van der Waals surface area (Å²) in [5, 5.41) is 8.93. The zero-order chi connectivity index (χ0) is 7.23. The summed E-state index contributed by atoms with van der Waals surface area (Å²) in [7, 11) is 0. The van der Waals surface area contributed by atoms with Gasteiger partial charge in [-0.05, 0) is 12.1 Å². The second kappa shape index (κ2) is 3.56. The molecular weight excluding hydrogens is 126 g/mol. The first kappa shape index (κ1) is 6.68. The summed E-state index contributed by atoms with van der Waals surface area (Å²) < 4.78 is 1.00. The molecule has 0 spiro atoms. The Morgan fingerprint density at radius 1 is 0.700 bits per heavy atom. The fourth-order valence-corrected chi connectivity index (χ4v) is 0.582. The minimum Gasteiger partial charge on any atom is -0.429 e. The fraction of sp³-hybridized carbons (Fsp3) is 0. The summed E-state index contributed by atoms with van der Waals surface area (Å²) in [5.41, 5.74) is 0. The van der Waals surface area contributed by atoms with Crippen LogP contribution in [0.2, 0.25) is 0 Å². The van der Waals surface area contributed by atoms with Crippen LogP contribution in [0.5, 0.6) is 0 Å². The summed E-state index contributed by atoms with van der Waals surface area (Å²) in [6.07, 6.45) is 3.11.